The summed E-state index contributed by atoms with van der Waals surface area (Å²) in [6.07, 6.45) is 0. The zero-order valence-electron chi connectivity index (χ0n) is 6.17. The molecule has 0 aromatic rings. The first-order valence-corrected chi connectivity index (χ1v) is 4.80. The predicted molar refractivity (Wildman–Crippen MR) is 39.4 cm³/mol. The van der Waals surface area contributed by atoms with Gasteiger partial charge in [0, 0.05) is 0 Å². The SMILES string of the molecule is C[N]([In])CC1CN(C)C1. The van der Waals surface area contributed by atoms with Crippen molar-refractivity contribution in [1.29, 1.82) is 0 Å². The van der Waals surface area contributed by atoms with E-state index in [4.69, 9.17) is 0 Å². The fourth-order valence-electron chi connectivity index (χ4n) is 1.35. The molecule has 0 aliphatic carbocycles. The summed E-state index contributed by atoms with van der Waals surface area (Å²) < 4.78 is 2.39. The first kappa shape index (κ1) is 7.89. The second-order valence-electron chi connectivity index (χ2n) is 3.03. The minimum atomic E-state index is 0.968. The summed E-state index contributed by atoms with van der Waals surface area (Å²) in [5, 5.41) is 0. The summed E-state index contributed by atoms with van der Waals surface area (Å²) in [5.41, 5.74) is 0. The van der Waals surface area contributed by atoms with E-state index in [2.05, 4.69) is 21.9 Å². The van der Waals surface area contributed by atoms with Crippen LogP contribution in [0.15, 0.2) is 0 Å². The van der Waals surface area contributed by atoms with Crippen molar-refractivity contribution in [3.05, 3.63) is 0 Å². The molecule has 0 spiro atoms. The topological polar surface area (TPSA) is 6.48 Å². The Hall–Kier alpha value is 0.790. The summed E-state index contributed by atoms with van der Waals surface area (Å²) >= 11 is 1.27. The van der Waals surface area contributed by atoms with E-state index in [1.165, 1.54) is 44.3 Å². The molecule has 0 N–H and O–H groups in total. The second kappa shape index (κ2) is 3.26. The van der Waals surface area contributed by atoms with E-state index in [0.29, 0.717) is 0 Å². The van der Waals surface area contributed by atoms with E-state index in [-0.39, 0.29) is 0 Å². The van der Waals surface area contributed by atoms with Crippen molar-refractivity contribution in [1.82, 2.24) is 7.79 Å². The van der Waals surface area contributed by atoms with Crippen molar-refractivity contribution in [2.24, 2.45) is 5.92 Å². The molecule has 1 saturated heterocycles. The Kier molecular flexibility index (Phi) is 2.86. The Morgan fingerprint density at radius 2 is 2.22 bits per heavy atom. The molecule has 0 aromatic carbocycles. The number of nitrogens with zero attached hydrogens (tertiary/aromatic N) is 2. The van der Waals surface area contributed by atoms with E-state index in [1.54, 1.807) is 0 Å². The molecule has 3 heteroatoms. The molecular formula is C6H13InN2. The van der Waals surface area contributed by atoms with Crippen LogP contribution in [-0.4, -0.2) is 66.2 Å². The van der Waals surface area contributed by atoms with E-state index >= 15 is 0 Å². The Morgan fingerprint density at radius 1 is 1.67 bits per heavy atom. The van der Waals surface area contributed by atoms with Crippen LogP contribution in [0.2, 0.25) is 0 Å². The van der Waals surface area contributed by atoms with Crippen molar-refractivity contribution in [2.45, 2.75) is 0 Å². The molecule has 0 aromatic heterocycles. The molecule has 1 rings (SSSR count). The molecule has 0 saturated carbocycles. The second-order valence-corrected chi connectivity index (χ2v) is 5.54. The van der Waals surface area contributed by atoms with Crippen molar-refractivity contribution >= 4 is 24.7 Å². The maximum absolute atomic E-state index is 2.39. The molecule has 1 aliphatic rings. The molecule has 9 heavy (non-hydrogen) atoms. The number of likely N-dealkylation sites (tertiary alicyclic amines) is 1. The Bertz CT molecular complexity index is 89.1. The summed E-state index contributed by atoms with van der Waals surface area (Å²) in [5.74, 6) is 0.968. The Balaban J connectivity index is 2.04. The average Bonchev–Trinajstić information content (AvgIpc) is 1.60. The molecule has 1 aliphatic heterocycles. The molecule has 1 heterocycles. The predicted octanol–water partition coefficient (Wildman–Crippen LogP) is -0.437. The number of hydrogen-bond acceptors (Lipinski definition) is 2. The average molecular weight is 228 g/mol. The fraction of sp³-hybridized carbons (Fsp3) is 1.00. The van der Waals surface area contributed by atoms with Crippen molar-refractivity contribution < 1.29 is 0 Å². The van der Waals surface area contributed by atoms with Crippen LogP contribution in [0.1, 0.15) is 0 Å². The number of rotatable bonds is 2. The molecule has 0 bridgehead atoms. The van der Waals surface area contributed by atoms with Crippen LogP contribution in [0.4, 0.5) is 0 Å². The fourth-order valence-corrected chi connectivity index (χ4v) is 2.20. The monoisotopic (exact) mass is 228 g/mol. The van der Waals surface area contributed by atoms with Gasteiger partial charge in [0.1, 0.15) is 0 Å². The van der Waals surface area contributed by atoms with Crippen molar-refractivity contribution in [2.75, 3.05) is 33.7 Å². The third-order valence-corrected chi connectivity index (χ3v) is 2.29. The minimum absolute atomic E-state index is 0.968. The molecular weight excluding hydrogens is 215 g/mol. The van der Waals surface area contributed by atoms with Gasteiger partial charge in [0.15, 0.2) is 0 Å². The zero-order valence-corrected chi connectivity index (χ0v) is 9.47. The molecule has 50 valence electrons. The quantitative estimate of drug-likeness (QED) is 0.632. The summed E-state index contributed by atoms with van der Waals surface area (Å²) in [7, 11) is 4.38. The first-order chi connectivity index (χ1) is 4.18. The van der Waals surface area contributed by atoms with Gasteiger partial charge >= 0.3 is 72.1 Å². The van der Waals surface area contributed by atoms with Crippen molar-refractivity contribution in [3.63, 3.8) is 0 Å². The van der Waals surface area contributed by atoms with Gasteiger partial charge in [-0.3, -0.25) is 0 Å². The zero-order chi connectivity index (χ0) is 6.85. The molecule has 2 nitrogen and oxygen atoms in total. The van der Waals surface area contributed by atoms with Gasteiger partial charge in [-0.1, -0.05) is 0 Å². The Labute approximate surface area is 72.2 Å². The van der Waals surface area contributed by atoms with Gasteiger partial charge in [-0.05, 0) is 0 Å². The van der Waals surface area contributed by atoms with Crippen LogP contribution in [0, 0.1) is 5.92 Å². The molecule has 0 amide bonds. The summed E-state index contributed by atoms with van der Waals surface area (Å²) in [6.45, 7) is 3.93. The van der Waals surface area contributed by atoms with Crippen LogP contribution in [0.3, 0.4) is 0 Å². The van der Waals surface area contributed by atoms with E-state index < -0.39 is 0 Å². The third kappa shape index (κ3) is 2.48. The third-order valence-electron chi connectivity index (χ3n) is 1.69. The summed E-state index contributed by atoms with van der Waals surface area (Å²) in [4.78, 5) is 2.37. The van der Waals surface area contributed by atoms with E-state index in [0.717, 1.165) is 5.92 Å². The molecule has 1 fully saturated rings. The van der Waals surface area contributed by atoms with Gasteiger partial charge in [0.05, 0.1) is 0 Å². The van der Waals surface area contributed by atoms with Crippen LogP contribution in [0.25, 0.3) is 0 Å². The Morgan fingerprint density at radius 3 is 2.56 bits per heavy atom. The number of hydrogen-bond donors (Lipinski definition) is 0. The van der Waals surface area contributed by atoms with Crippen LogP contribution in [-0.2, 0) is 0 Å². The van der Waals surface area contributed by atoms with Gasteiger partial charge in [0.25, 0.3) is 0 Å². The first-order valence-electron chi connectivity index (χ1n) is 3.33. The van der Waals surface area contributed by atoms with Gasteiger partial charge in [-0.15, -0.1) is 0 Å². The standard InChI is InChI=1S/C6H13N2.In/c1-7-3-6-4-8(2)5-6;/h6H,3-5H2,1-2H3;/q-1;+1. The molecule has 0 atom stereocenters. The van der Waals surface area contributed by atoms with Crippen molar-refractivity contribution in [3.8, 4) is 0 Å². The molecule has 0 unspecified atom stereocenters. The van der Waals surface area contributed by atoms with Gasteiger partial charge in [-0.2, -0.15) is 0 Å². The van der Waals surface area contributed by atoms with Crippen LogP contribution >= 0.6 is 0 Å². The molecule has 2 radical (unpaired) electrons. The van der Waals surface area contributed by atoms with Crippen LogP contribution in [0.5, 0.6) is 0 Å². The normalized spacial score (nSPS) is 22.6. The van der Waals surface area contributed by atoms with Gasteiger partial charge in [0.2, 0.25) is 0 Å². The maximum atomic E-state index is 2.39. The van der Waals surface area contributed by atoms with Gasteiger partial charge in [-0.25, -0.2) is 0 Å². The van der Waals surface area contributed by atoms with Gasteiger partial charge < -0.3 is 0 Å². The van der Waals surface area contributed by atoms with E-state index in [9.17, 15) is 0 Å². The van der Waals surface area contributed by atoms with Crippen LogP contribution < -0.4 is 0 Å². The summed E-state index contributed by atoms with van der Waals surface area (Å²) in [6, 6.07) is 0. The van der Waals surface area contributed by atoms with E-state index in [1.807, 2.05) is 0 Å².